The molecular weight excluding hydrogens is 441 g/mol. The van der Waals surface area contributed by atoms with Crippen molar-refractivity contribution < 1.29 is 26.4 Å². The second-order valence-electron chi connectivity index (χ2n) is 7.04. The van der Waals surface area contributed by atoms with E-state index in [1.807, 2.05) is 0 Å². The SMILES string of the molecule is O=C(CN(c1cc(C(F)(F)F)ccc1Cl)S(=O)(=O)c1ccccc1)NC1CCCC1. The summed E-state index contributed by atoms with van der Waals surface area (Å²) in [5, 5.41) is 2.54. The van der Waals surface area contributed by atoms with Gasteiger partial charge in [-0.1, -0.05) is 42.6 Å². The Morgan fingerprint density at radius 3 is 2.33 bits per heavy atom. The van der Waals surface area contributed by atoms with Gasteiger partial charge >= 0.3 is 6.18 Å². The van der Waals surface area contributed by atoms with Gasteiger partial charge in [-0.25, -0.2) is 8.42 Å². The summed E-state index contributed by atoms with van der Waals surface area (Å²) in [5.74, 6) is -0.602. The Balaban J connectivity index is 2.02. The second-order valence-corrected chi connectivity index (χ2v) is 9.31. The number of carbonyl (C=O) groups is 1. The minimum atomic E-state index is -4.70. The van der Waals surface area contributed by atoms with Crippen LogP contribution in [-0.4, -0.2) is 26.9 Å². The number of anilines is 1. The van der Waals surface area contributed by atoms with Crippen molar-refractivity contribution in [1.82, 2.24) is 5.32 Å². The van der Waals surface area contributed by atoms with Crippen LogP contribution in [-0.2, 0) is 21.0 Å². The van der Waals surface area contributed by atoms with Gasteiger partial charge < -0.3 is 5.32 Å². The molecule has 2 aromatic carbocycles. The average Bonchev–Trinajstić information content (AvgIpc) is 3.19. The number of rotatable bonds is 6. The van der Waals surface area contributed by atoms with Gasteiger partial charge in [0.05, 0.1) is 21.2 Å². The van der Waals surface area contributed by atoms with E-state index in [0.29, 0.717) is 10.4 Å². The van der Waals surface area contributed by atoms with E-state index in [9.17, 15) is 26.4 Å². The quantitative estimate of drug-likeness (QED) is 0.684. The summed E-state index contributed by atoms with van der Waals surface area (Å²) in [6.07, 6.45) is -1.23. The molecule has 10 heteroatoms. The molecule has 0 radical (unpaired) electrons. The number of hydrogen-bond donors (Lipinski definition) is 1. The Bertz CT molecular complexity index is 1010. The molecule has 5 nitrogen and oxygen atoms in total. The Morgan fingerprint density at radius 2 is 1.73 bits per heavy atom. The van der Waals surface area contributed by atoms with E-state index in [1.54, 1.807) is 6.07 Å². The Labute approximate surface area is 177 Å². The van der Waals surface area contributed by atoms with E-state index in [1.165, 1.54) is 24.3 Å². The summed E-state index contributed by atoms with van der Waals surface area (Å²) in [6, 6.07) is 9.49. The molecule has 0 aromatic heterocycles. The number of halogens is 4. The van der Waals surface area contributed by atoms with Crippen molar-refractivity contribution >= 4 is 33.2 Å². The van der Waals surface area contributed by atoms with Crippen LogP contribution in [0.25, 0.3) is 0 Å². The van der Waals surface area contributed by atoms with Crippen molar-refractivity contribution in [2.75, 3.05) is 10.8 Å². The number of sulfonamides is 1. The number of nitrogens with one attached hydrogen (secondary N) is 1. The summed E-state index contributed by atoms with van der Waals surface area (Å²) >= 11 is 6.08. The summed E-state index contributed by atoms with van der Waals surface area (Å²) in [6.45, 7) is -0.686. The number of alkyl halides is 3. The van der Waals surface area contributed by atoms with E-state index in [-0.39, 0.29) is 16.0 Å². The van der Waals surface area contributed by atoms with Gasteiger partial charge in [-0.15, -0.1) is 0 Å². The van der Waals surface area contributed by atoms with E-state index in [0.717, 1.165) is 37.8 Å². The summed E-state index contributed by atoms with van der Waals surface area (Å²) in [5.41, 5.74) is -1.47. The first kappa shape index (κ1) is 22.4. The highest BCUT2D eigenvalue weighted by atomic mass is 35.5. The van der Waals surface area contributed by atoms with Crippen LogP contribution in [0.5, 0.6) is 0 Å². The molecule has 1 aliphatic carbocycles. The highest BCUT2D eigenvalue weighted by Gasteiger charge is 2.34. The van der Waals surface area contributed by atoms with Crippen molar-refractivity contribution in [1.29, 1.82) is 0 Å². The zero-order valence-corrected chi connectivity index (χ0v) is 17.4. The highest BCUT2D eigenvalue weighted by Crippen LogP contribution is 2.37. The van der Waals surface area contributed by atoms with Crippen molar-refractivity contribution in [2.24, 2.45) is 0 Å². The lowest BCUT2D eigenvalue weighted by molar-refractivity contribution is -0.137. The maximum absolute atomic E-state index is 13.2. The average molecular weight is 461 g/mol. The topological polar surface area (TPSA) is 66.5 Å². The number of nitrogens with zero attached hydrogens (tertiary/aromatic N) is 1. The van der Waals surface area contributed by atoms with Gasteiger partial charge in [0.2, 0.25) is 5.91 Å². The van der Waals surface area contributed by atoms with Crippen LogP contribution >= 0.6 is 11.6 Å². The van der Waals surface area contributed by atoms with Gasteiger partial charge in [-0.3, -0.25) is 9.10 Å². The van der Waals surface area contributed by atoms with Crippen LogP contribution in [0.15, 0.2) is 53.4 Å². The Kier molecular flexibility index (Phi) is 6.62. The molecule has 1 saturated carbocycles. The lowest BCUT2D eigenvalue weighted by Gasteiger charge is -2.26. The molecule has 162 valence electrons. The Morgan fingerprint density at radius 1 is 1.10 bits per heavy atom. The summed E-state index contributed by atoms with van der Waals surface area (Å²) in [7, 11) is -4.35. The minimum Gasteiger partial charge on any atom is -0.352 e. The standard InChI is InChI=1S/C20H20ClF3N2O3S/c21-17-11-10-14(20(22,23)24)12-18(17)26(13-19(27)25-15-6-4-5-7-15)30(28,29)16-8-2-1-3-9-16/h1-3,8-12,15H,4-7,13H2,(H,25,27). The summed E-state index contributed by atoms with van der Waals surface area (Å²) < 4.78 is 66.8. The van der Waals surface area contributed by atoms with Crippen molar-refractivity contribution in [3.05, 3.63) is 59.1 Å². The van der Waals surface area contributed by atoms with Crippen LogP contribution in [0.3, 0.4) is 0 Å². The molecule has 1 fully saturated rings. The molecule has 0 saturated heterocycles. The fraction of sp³-hybridized carbons (Fsp3) is 0.350. The lowest BCUT2D eigenvalue weighted by Crippen LogP contribution is -2.43. The lowest BCUT2D eigenvalue weighted by atomic mass is 10.2. The molecule has 0 atom stereocenters. The van der Waals surface area contributed by atoms with E-state index in [2.05, 4.69) is 5.32 Å². The first-order chi connectivity index (χ1) is 14.1. The first-order valence-electron chi connectivity index (χ1n) is 9.33. The van der Waals surface area contributed by atoms with E-state index < -0.39 is 39.9 Å². The molecule has 1 N–H and O–H groups in total. The molecule has 0 bridgehead atoms. The third-order valence-electron chi connectivity index (χ3n) is 4.88. The molecule has 0 spiro atoms. The second kappa shape index (κ2) is 8.85. The normalized spacial score (nSPS) is 15.2. The molecule has 1 amide bonds. The van der Waals surface area contributed by atoms with Crippen molar-refractivity contribution in [3.63, 3.8) is 0 Å². The van der Waals surface area contributed by atoms with Gasteiger partial charge in [0.15, 0.2) is 0 Å². The van der Waals surface area contributed by atoms with Crippen LogP contribution in [0.4, 0.5) is 18.9 Å². The predicted molar refractivity (Wildman–Crippen MR) is 108 cm³/mol. The number of amides is 1. The van der Waals surface area contributed by atoms with Gasteiger partial charge in [0, 0.05) is 6.04 Å². The fourth-order valence-corrected chi connectivity index (χ4v) is 5.10. The molecule has 1 aliphatic rings. The zero-order chi connectivity index (χ0) is 21.9. The molecule has 0 unspecified atom stereocenters. The van der Waals surface area contributed by atoms with E-state index >= 15 is 0 Å². The minimum absolute atomic E-state index is 0.0734. The monoisotopic (exact) mass is 460 g/mol. The zero-order valence-electron chi connectivity index (χ0n) is 15.8. The van der Waals surface area contributed by atoms with E-state index in [4.69, 9.17) is 11.6 Å². The fourth-order valence-electron chi connectivity index (χ4n) is 3.37. The molecule has 3 rings (SSSR count). The highest BCUT2D eigenvalue weighted by molar-refractivity contribution is 7.92. The van der Waals surface area contributed by atoms with Gasteiger partial charge in [0.25, 0.3) is 10.0 Å². The molecular formula is C20H20ClF3N2O3S. The smallest absolute Gasteiger partial charge is 0.352 e. The van der Waals surface area contributed by atoms with Gasteiger partial charge in [0.1, 0.15) is 6.54 Å². The third kappa shape index (κ3) is 5.07. The Hall–Kier alpha value is -2.26. The summed E-state index contributed by atoms with van der Waals surface area (Å²) in [4.78, 5) is 12.4. The van der Waals surface area contributed by atoms with Gasteiger partial charge in [-0.2, -0.15) is 13.2 Å². The predicted octanol–water partition coefficient (Wildman–Crippen LogP) is 4.61. The molecule has 0 heterocycles. The van der Waals surface area contributed by atoms with Crippen LogP contribution in [0, 0.1) is 0 Å². The molecule has 2 aromatic rings. The molecule has 30 heavy (non-hydrogen) atoms. The first-order valence-corrected chi connectivity index (χ1v) is 11.1. The third-order valence-corrected chi connectivity index (χ3v) is 6.97. The number of hydrogen-bond acceptors (Lipinski definition) is 3. The maximum atomic E-state index is 13.2. The van der Waals surface area contributed by atoms with Crippen molar-refractivity contribution in [3.8, 4) is 0 Å². The van der Waals surface area contributed by atoms with Crippen LogP contribution in [0.2, 0.25) is 5.02 Å². The van der Waals surface area contributed by atoms with Crippen LogP contribution < -0.4 is 9.62 Å². The van der Waals surface area contributed by atoms with Gasteiger partial charge in [-0.05, 0) is 43.2 Å². The van der Waals surface area contributed by atoms with Crippen LogP contribution in [0.1, 0.15) is 31.2 Å². The number of benzene rings is 2. The largest absolute Gasteiger partial charge is 0.416 e. The van der Waals surface area contributed by atoms with Crippen molar-refractivity contribution in [2.45, 2.75) is 42.8 Å². The molecule has 0 aliphatic heterocycles. The maximum Gasteiger partial charge on any atom is 0.416 e. The number of carbonyl (C=O) groups excluding carboxylic acids is 1.